The van der Waals surface area contributed by atoms with E-state index in [1.807, 2.05) is 56.3 Å². The Morgan fingerprint density at radius 2 is 1.61 bits per heavy atom. The normalized spacial score (nSPS) is 14.6. The van der Waals surface area contributed by atoms with Crippen LogP contribution in [-0.2, 0) is 33.8 Å². The molecule has 0 fully saturated rings. The zero-order valence-corrected chi connectivity index (χ0v) is 16.5. The Morgan fingerprint density at radius 1 is 1.04 bits per heavy atom. The van der Waals surface area contributed by atoms with Crippen molar-refractivity contribution in [1.29, 1.82) is 0 Å². The lowest BCUT2D eigenvalue weighted by atomic mass is 10.0. The van der Waals surface area contributed by atoms with E-state index in [4.69, 9.17) is 10.5 Å². The topological polar surface area (TPSA) is 72.6 Å². The Morgan fingerprint density at radius 3 is 2.18 bits per heavy atom. The number of ether oxygens (including phenoxy) is 1. The fourth-order valence-corrected chi connectivity index (χ4v) is 3.54. The number of nitrogens with two attached hydrogens (primary N) is 1. The second-order valence-electron chi connectivity index (χ2n) is 7.71. The van der Waals surface area contributed by atoms with Crippen molar-refractivity contribution >= 4 is 11.9 Å². The molecule has 0 radical (unpaired) electrons. The van der Waals surface area contributed by atoms with E-state index < -0.39 is 12.0 Å². The van der Waals surface area contributed by atoms with Crippen LogP contribution in [0.5, 0.6) is 0 Å². The molecule has 148 valence electrons. The lowest BCUT2D eigenvalue weighted by Gasteiger charge is -2.31. The summed E-state index contributed by atoms with van der Waals surface area (Å²) >= 11 is 0. The Bertz CT molecular complexity index is 795. The lowest BCUT2D eigenvalue weighted by Crippen LogP contribution is -2.52. The molecule has 5 nitrogen and oxygen atoms in total. The number of amides is 1. The van der Waals surface area contributed by atoms with Crippen LogP contribution in [0.15, 0.2) is 54.6 Å². The van der Waals surface area contributed by atoms with Gasteiger partial charge >= 0.3 is 5.97 Å². The van der Waals surface area contributed by atoms with Gasteiger partial charge in [0.2, 0.25) is 5.91 Å². The molecule has 1 amide bonds. The second kappa shape index (κ2) is 9.02. The molecule has 0 heterocycles. The highest BCUT2D eigenvalue weighted by Crippen LogP contribution is 2.26. The van der Waals surface area contributed by atoms with Crippen LogP contribution in [-0.4, -0.2) is 35.4 Å². The highest BCUT2D eigenvalue weighted by atomic mass is 16.5. The molecule has 0 saturated carbocycles. The standard InChI is InChI=1S/C23H28N2O3/c1-16(2)22(24)23(27)25(20-12-18-10-6-7-11-19(18)13-20)14-21(26)28-15-17-8-4-3-5-9-17/h3-11,16,20,22H,12-15,24H2,1-2H3/t22-/m0/s1. The van der Waals surface area contributed by atoms with Crippen molar-refractivity contribution in [1.82, 2.24) is 4.90 Å². The molecule has 1 aliphatic carbocycles. The van der Waals surface area contributed by atoms with Gasteiger partial charge in [-0.3, -0.25) is 9.59 Å². The molecule has 2 aromatic rings. The number of carbonyl (C=O) groups excluding carboxylic acids is 2. The van der Waals surface area contributed by atoms with Gasteiger partial charge in [0, 0.05) is 6.04 Å². The van der Waals surface area contributed by atoms with Crippen molar-refractivity contribution in [2.75, 3.05) is 6.54 Å². The first-order valence-electron chi connectivity index (χ1n) is 9.78. The summed E-state index contributed by atoms with van der Waals surface area (Å²) < 4.78 is 5.41. The maximum atomic E-state index is 13.0. The summed E-state index contributed by atoms with van der Waals surface area (Å²) in [5.41, 5.74) is 9.49. The van der Waals surface area contributed by atoms with Crippen LogP contribution in [0.3, 0.4) is 0 Å². The molecule has 0 saturated heterocycles. The molecule has 0 aromatic heterocycles. The summed E-state index contributed by atoms with van der Waals surface area (Å²) in [5.74, 6) is -0.604. The van der Waals surface area contributed by atoms with E-state index in [-0.39, 0.29) is 31.0 Å². The van der Waals surface area contributed by atoms with Crippen molar-refractivity contribution in [3.8, 4) is 0 Å². The van der Waals surface area contributed by atoms with Crippen LogP contribution < -0.4 is 5.73 Å². The molecule has 0 spiro atoms. The van der Waals surface area contributed by atoms with Gasteiger partial charge in [-0.2, -0.15) is 0 Å². The summed E-state index contributed by atoms with van der Waals surface area (Å²) in [5, 5.41) is 0. The van der Waals surface area contributed by atoms with Crippen LogP contribution >= 0.6 is 0 Å². The van der Waals surface area contributed by atoms with Gasteiger partial charge in [0.1, 0.15) is 13.2 Å². The molecular formula is C23H28N2O3. The zero-order chi connectivity index (χ0) is 20.1. The molecule has 0 unspecified atom stereocenters. The third-order valence-electron chi connectivity index (χ3n) is 5.30. The van der Waals surface area contributed by atoms with Crippen molar-refractivity contribution in [3.05, 3.63) is 71.3 Å². The van der Waals surface area contributed by atoms with Crippen LogP contribution in [0.2, 0.25) is 0 Å². The maximum absolute atomic E-state index is 13.0. The maximum Gasteiger partial charge on any atom is 0.325 e. The number of hydrogen-bond donors (Lipinski definition) is 1. The number of carbonyl (C=O) groups is 2. The van der Waals surface area contributed by atoms with E-state index >= 15 is 0 Å². The summed E-state index contributed by atoms with van der Waals surface area (Å²) in [6.45, 7) is 3.95. The first kappa shape index (κ1) is 20.1. The number of fused-ring (bicyclic) bond motifs is 1. The molecule has 5 heteroatoms. The van der Waals surface area contributed by atoms with Gasteiger partial charge in [0.25, 0.3) is 0 Å². The fourth-order valence-electron chi connectivity index (χ4n) is 3.54. The Kier molecular flexibility index (Phi) is 6.47. The van der Waals surface area contributed by atoms with Gasteiger partial charge < -0.3 is 15.4 Å². The minimum Gasteiger partial charge on any atom is -0.459 e. The predicted octanol–water partition coefficient (Wildman–Crippen LogP) is 2.71. The van der Waals surface area contributed by atoms with Crippen LogP contribution in [0.25, 0.3) is 0 Å². The average Bonchev–Trinajstić information content (AvgIpc) is 3.14. The third-order valence-corrected chi connectivity index (χ3v) is 5.30. The monoisotopic (exact) mass is 380 g/mol. The SMILES string of the molecule is CC(C)[C@H](N)C(=O)N(CC(=O)OCc1ccccc1)C1Cc2ccccc2C1. The molecule has 3 rings (SSSR count). The Labute approximate surface area is 166 Å². The minimum absolute atomic E-state index is 0.000817. The van der Waals surface area contributed by atoms with Crippen molar-refractivity contribution in [2.45, 2.75) is 45.4 Å². The number of rotatable bonds is 7. The number of esters is 1. The fraction of sp³-hybridized carbons (Fsp3) is 0.391. The summed E-state index contributed by atoms with van der Waals surface area (Å²) in [7, 11) is 0. The van der Waals surface area contributed by atoms with E-state index in [2.05, 4.69) is 12.1 Å². The number of hydrogen-bond acceptors (Lipinski definition) is 4. The summed E-state index contributed by atoms with van der Waals surface area (Å²) in [6.07, 6.45) is 1.47. The number of nitrogens with zero attached hydrogens (tertiary/aromatic N) is 1. The molecule has 0 bridgehead atoms. The van der Waals surface area contributed by atoms with Gasteiger partial charge in [-0.05, 0) is 35.4 Å². The molecule has 1 atom stereocenters. The van der Waals surface area contributed by atoms with E-state index in [1.54, 1.807) is 4.90 Å². The van der Waals surface area contributed by atoms with Gasteiger partial charge in [-0.25, -0.2) is 0 Å². The number of benzene rings is 2. The molecule has 28 heavy (non-hydrogen) atoms. The summed E-state index contributed by atoms with van der Waals surface area (Å²) in [6, 6.07) is 17.0. The van der Waals surface area contributed by atoms with E-state index in [0.29, 0.717) is 0 Å². The lowest BCUT2D eigenvalue weighted by molar-refractivity contribution is -0.152. The smallest absolute Gasteiger partial charge is 0.325 e. The van der Waals surface area contributed by atoms with Gasteiger partial charge in [-0.1, -0.05) is 68.4 Å². The minimum atomic E-state index is -0.634. The second-order valence-corrected chi connectivity index (χ2v) is 7.71. The van der Waals surface area contributed by atoms with E-state index in [0.717, 1.165) is 18.4 Å². The third kappa shape index (κ3) is 4.78. The zero-order valence-electron chi connectivity index (χ0n) is 16.5. The molecule has 1 aliphatic rings. The highest BCUT2D eigenvalue weighted by Gasteiger charge is 2.34. The molecular weight excluding hydrogens is 352 g/mol. The summed E-state index contributed by atoms with van der Waals surface area (Å²) in [4.78, 5) is 27.1. The molecule has 2 aromatic carbocycles. The highest BCUT2D eigenvalue weighted by molar-refractivity contribution is 5.86. The van der Waals surface area contributed by atoms with Gasteiger partial charge in [0.15, 0.2) is 0 Å². The van der Waals surface area contributed by atoms with E-state index in [9.17, 15) is 9.59 Å². The average molecular weight is 380 g/mol. The molecule has 2 N–H and O–H groups in total. The predicted molar refractivity (Wildman–Crippen MR) is 108 cm³/mol. The van der Waals surface area contributed by atoms with Crippen molar-refractivity contribution in [2.24, 2.45) is 11.7 Å². The van der Waals surface area contributed by atoms with Crippen molar-refractivity contribution in [3.63, 3.8) is 0 Å². The first-order valence-corrected chi connectivity index (χ1v) is 9.78. The van der Waals surface area contributed by atoms with Crippen molar-refractivity contribution < 1.29 is 14.3 Å². The van der Waals surface area contributed by atoms with Crippen LogP contribution in [0.4, 0.5) is 0 Å². The van der Waals surface area contributed by atoms with Gasteiger partial charge in [-0.15, -0.1) is 0 Å². The Balaban J connectivity index is 1.69. The van der Waals surface area contributed by atoms with Crippen LogP contribution in [0, 0.1) is 5.92 Å². The Hall–Kier alpha value is -2.66. The largest absolute Gasteiger partial charge is 0.459 e. The first-order chi connectivity index (χ1) is 13.5. The van der Waals surface area contributed by atoms with E-state index in [1.165, 1.54) is 11.1 Å². The quantitative estimate of drug-likeness (QED) is 0.750. The molecule has 0 aliphatic heterocycles. The van der Waals surface area contributed by atoms with Gasteiger partial charge in [0.05, 0.1) is 6.04 Å². The van der Waals surface area contributed by atoms with Crippen LogP contribution in [0.1, 0.15) is 30.5 Å².